The van der Waals surface area contributed by atoms with Crippen molar-refractivity contribution in [3.63, 3.8) is 0 Å². The van der Waals surface area contributed by atoms with E-state index in [0.717, 1.165) is 19.4 Å². The molecule has 0 aliphatic carbocycles. The van der Waals surface area contributed by atoms with Gasteiger partial charge >= 0.3 is 0 Å². The highest BCUT2D eigenvalue weighted by Crippen LogP contribution is 2.17. The Morgan fingerprint density at radius 2 is 2.25 bits per heavy atom. The molecule has 0 aromatic rings. The summed E-state index contributed by atoms with van der Waals surface area (Å²) in [7, 11) is 1.63. The molecule has 0 aromatic carbocycles. The van der Waals surface area contributed by atoms with Gasteiger partial charge in [0.15, 0.2) is 0 Å². The molecule has 1 saturated heterocycles. The van der Waals surface area contributed by atoms with Gasteiger partial charge in [0.1, 0.15) is 0 Å². The number of carbonyl (C=O) groups excluding carboxylic acids is 2. The normalized spacial score (nSPS) is 22.7. The number of nitrogens with two attached hydrogens (primary N) is 1. The van der Waals surface area contributed by atoms with Crippen molar-refractivity contribution in [3.8, 4) is 0 Å². The maximum atomic E-state index is 11.9. The fourth-order valence-corrected chi connectivity index (χ4v) is 2.00. The molecule has 1 aliphatic heterocycles. The first kappa shape index (κ1) is 13.0. The van der Waals surface area contributed by atoms with Crippen molar-refractivity contribution in [1.82, 2.24) is 10.2 Å². The molecule has 5 heteroatoms. The fourth-order valence-electron chi connectivity index (χ4n) is 2.00. The van der Waals surface area contributed by atoms with Gasteiger partial charge in [-0.2, -0.15) is 0 Å². The van der Waals surface area contributed by atoms with E-state index in [1.165, 1.54) is 0 Å². The predicted octanol–water partition coefficient (Wildman–Crippen LogP) is -0.292. The average molecular weight is 227 g/mol. The topological polar surface area (TPSA) is 75.4 Å². The van der Waals surface area contributed by atoms with E-state index in [2.05, 4.69) is 5.32 Å². The molecule has 0 radical (unpaired) electrons. The quantitative estimate of drug-likeness (QED) is 0.695. The third-order valence-corrected chi connectivity index (χ3v) is 3.11. The van der Waals surface area contributed by atoms with Crippen LogP contribution in [-0.4, -0.2) is 42.9 Å². The molecule has 1 unspecified atom stereocenters. The summed E-state index contributed by atoms with van der Waals surface area (Å²) in [5.74, 6) is -0.0922. The molecule has 2 amide bonds. The molecule has 3 N–H and O–H groups in total. The van der Waals surface area contributed by atoms with Crippen LogP contribution in [0.25, 0.3) is 0 Å². The van der Waals surface area contributed by atoms with Crippen LogP contribution in [-0.2, 0) is 9.59 Å². The molecule has 0 spiro atoms. The van der Waals surface area contributed by atoms with Gasteiger partial charge in [0.25, 0.3) is 0 Å². The molecule has 92 valence electrons. The minimum atomic E-state index is -0.427. The number of hydrogen-bond acceptors (Lipinski definition) is 3. The van der Waals surface area contributed by atoms with E-state index >= 15 is 0 Å². The monoisotopic (exact) mass is 227 g/mol. The smallest absolute Gasteiger partial charge is 0.239 e. The molecule has 0 bridgehead atoms. The van der Waals surface area contributed by atoms with Gasteiger partial charge < -0.3 is 16.0 Å². The van der Waals surface area contributed by atoms with Crippen LogP contribution >= 0.6 is 0 Å². The summed E-state index contributed by atoms with van der Waals surface area (Å²) in [6, 6.07) is -0.427. The van der Waals surface area contributed by atoms with E-state index in [1.54, 1.807) is 11.9 Å². The minimum Gasteiger partial charge on any atom is -0.359 e. The van der Waals surface area contributed by atoms with E-state index in [4.69, 9.17) is 5.73 Å². The summed E-state index contributed by atoms with van der Waals surface area (Å²) in [5.41, 5.74) is 5.71. The SMILES string of the molecule is CC[C@@H](N)C(=O)N1CCCC(C(=O)NC)C1. The van der Waals surface area contributed by atoms with Crippen LogP contribution in [0.2, 0.25) is 0 Å². The van der Waals surface area contributed by atoms with Crippen LogP contribution in [0.5, 0.6) is 0 Å². The van der Waals surface area contributed by atoms with Gasteiger partial charge in [0.05, 0.1) is 12.0 Å². The molecule has 1 aliphatic rings. The van der Waals surface area contributed by atoms with E-state index < -0.39 is 6.04 Å². The van der Waals surface area contributed by atoms with E-state index in [0.29, 0.717) is 13.0 Å². The van der Waals surface area contributed by atoms with Gasteiger partial charge in [-0.25, -0.2) is 0 Å². The summed E-state index contributed by atoms with van der Waals surface area (Å²) in [6.07, 6.45) is 2.37. The van der Waals surface area contributed by atoms with Crippen molar-refractivity contribution in [1.29, 1.82) is 0 Å². The second-order valence-corrected chi connectivity index (χ2v) is 4.25. The second kappa shape index (κ2) is 5.84. The number of hydrogen-bond donors (Lipinski definition) is 2. The van der Waals surface area contributed by atoms with Gasteiger partial charge in [0.2, 0.25) is 11.8 Å². The molecular weight excluding hydrogens is 206 g/mol. The van der Waals surface area contributed by atoms with Crippen molar-refractivity contribution in [3.05, 3.63) is 0 Å². The second-order valence-electron chi connectivity index (χ2n) is 4.25. The standard InChI is InChI=1S/C11H21N3O2/c1-3-9(12)11(16)14-6-4-5-8(7-14)10(15)13-2/h8-9H,3-7,12H2,1-2H3,(H,13,15)/t8?,9-/m1/s1. The van der Waals surface area contributed by atoms with Gasteiger partial charge in [-0.05, 0) is 19.3 Å². The van der Waals surface area contributed by atoms with Crippen LogP contribution < -0.4 is 11.1 Å². The lowest BCUT2D eigenvalue weighted by molar-refractivity contribution is -0.136. The number of likely N-dealkylation sites (tertiary alicyclic amines) is 1. The van der Waals surface area contributed by atoms with Crippen molar-refractivity contribution in [2.24, 2.45) is 11.7 Å². The van der Waals surface area contributed by atoms with Crippen molar-refractivity contribution in [2.45, 2.75) is 32.2 Å². The molecule has 1 heterocycles. The third kappa shape index (κ3) is 2.95. The van der Waals surface area contributed by atoms with Gasteiger partial charge in [-0.1, -0.05) is 6.92 Å². The summed E-state index contributed by atoms with van der Waals surface area (Å²) in [5, 5.41) is 2.63. The Labute approximate surface area is 96.4 Å². The highest BCUT2D eigenvalue weighted by atomic mass is 16.2. The lowest BCUT2D eigenvalue weighted by Crippen LogP contribution is -2.50. The van der Waals surface area contributed by atoms with Crippen LogP contribution in [0.4, 0.5) is 0 Å². The van der Waals surface area contributed by atoms with Crippen LogP contribution in [0.1, 0.15) is 26.2 Å². The number of nitrogens with zero attached hydrogens (tertiary/aromatic N) is 1. The molecule has 0 saturated carbocycles. The van der Waals surface area contributed by atoms with Crippen molar-refractivity contribution in [2.75, 3.05) is 20.1 Å². The van der Waals surface area contributed by atoms with Crippen LogP contribution in [0, 0.1) is 5.92 Å². The Morgan fingerprint density at radius 3 is 2.81 bits per heavy atom. The lowest BCUT2D eigenvalue weighted by atomic mass is 9.96. The average Bonchev–Trinajstić information content (AvgIpc) is 2.36. The Bertz CT molecular complexity index is 268. The number of nitrogens with one attached hydrogen (secondary N) is 1. The zero-order valence-corrected chi connectivity index (χ0v) is 10.0. The summed E-state index contributed by atoms with van der Waals surface area (Å²) >= 11 is 0. The number of piperidine rings is 1. The highest BCUT2D eigenvalue weighted by Gasteiger charge is 2.29. The Balaban J connectivity index is 2.56. The molecule has 2 atom stereocenters. The molecule has 1 rings (SSSR count). The molecule has 0 aromatic heterocycles. The molecule has 5 nitrogen and oxygen atoms in total. The summed E-state index contributed by atoms with van der Waals surface area (Å²) in [6.45, 7) is 3.12. The lowest BCUT2D eigenvalue weighted by Gasteiger charge is -2.33. The van der Waals surface area contributed by atoms with E-state index in [9.17, 15) is 9.59 Å². The van der Waals surface area contributed by atoms with Gasteiger partial charge in [0, 0.05) is 20.1 Å². The highest BCUT2D eigenvalue weighted by molar-refractivity contribution is 5.83. The summed E-state index contributed by atoms with van der Waals surface area (Å²) in [4.78, 5) is 25.1. The fraction of sp³-hybridized carbons (Fsp3) is 0.818. The van der Waals surface area contributed by atoms with E-state index in [-0.39, 0.29) is 17.7 Å². The number of carbonyl (C=O) groups is 2. The van der Waals surface area contributed by atoms with Crippen LogP contribution in [0.15, 0.2) is 0 Å². The van der Waals surface area contributed by atoms with Crippen LogP contribution in [0.3, 0.4) is 0 Å². The maximum Gasteiger partial charge on any atom is 0.239 e. The zero-order valence-electron chi connectivity index (χ0n) is 10.0. The number of amides is 2. The molecular formula is C11H21N3O2. The van der Waals surface area contributed by atoms with Gasteiger partial charge in [-0.15, -0.1) is 0 Å². The minimum absolute atomic E-state index is 0.0163. The summed E-state index contributed by atoms with van der Waals surface area (Å²) < 4.78 is 0. The first-order chi connectivity index (χ1) is 7.60. The van der Waals surface area contributed by atoms with Gasteiger partial charge in [-0.3, -0.25) is 9.59 Å². The molecule has 1 fully saturated rings. The molecule has 16 heavy (non-hydrogen) atoms. The Morgan fingerprint density at radius 1 is 1.56 bits per heavy atom. The Kier molecular flexibility index (Phi) is 4.73. The Hall–Kier alpha value is -1.10. The number of rotatable bonds is 3. The predicted molar refractivity (Wildman–Crippen MR) is 61.6 cm³/mol. The first-order valence-corrected chi connectivity index (χ1v) is 5.86. The van der Waals surface area contributed by atoms with E-state index in [1.807, 2.05) is 6.92 Å². The third-order valence-electron chi connectivity index (χ3n) is 3.11. The van der Waals surface area contributed by atoms with Crippen molar-refractivity contribution < 1.29 is 9.59 Å². The largest absolute Gasteiger partial charge is 0.359 e. The maximum absolute atomic E-state index is 11.9. The zero-order chi connectivity index (χ0) is 12.1. The van der Waals surface area contributed by atoms with Crippen molar-refractivity contribution >= 4 is 11.8 Å². The first-order valence-electron chi connectivity index (χ1n) is 5.86.